The Kier molecular flexibility index (Phi) is 5.40. The molecule has 2 rings (SSSR count). The first-order valence-electron chi connectivity index (χ1n) is 6.82. The van der Waals surface area contributed by atoms with E-state index in [1.54, 1.807) is 0 Å². The summed E-state index contributed by atoms with van der Waals surface area (Å²) in [5.41, 5.74) is 1.17. The Morgan fingerprint density at radius 2 is 2.21 bits per heavy atom. The number of aliphatic hydroxyl groups is 1. The van der Waals surface area contributed by atoms with Gasteiger partial charge >= 0.3 is 0 Å². The fraction of sp³-hybridized carbons (Fsp3) is 0.533. The standard InChI is InChI=1S/C15H20BrNO2/c16-14-6-2-1-5-13(14)7-8-15(19)17-9-3-4-12(10-17)11-18/h1-2,5-6,12,18H,3-4,7-11H2. The maximum Gasteiger partial charge on any atom is 0.222 e. The molecule has 1 N–H and O–H groups in total. The molecular formula is C15H20BrNO2. The van der Waals surface area contributed by atoms with Crippen molar-refractivity contribution in [3.8, 4) is 0 Å². The van der Waals surface area contributed by atoms with Crippen LogP contribution in [-0.4, -0.2) is 35.6 Å². The van der Waals surface area contributed by atoms with Crippen molar-refractivity contribution in [2.45, 2.75) is 25.7 Å². The van der Waals surface area contributed by atoms with Gasteiger partial charge in [0, 0.05) is 30.6 Å². The van der Waals surface area contributed by atoms with Crippen LogP contribution < -0.4 is 0 Å². The topological polar surface area (TPSA) is 40.5 Å². The third-order valence-electron chi connectivity index (χ3n) is 3.70. The van der Waals surface area contributed by atoms with Crippen LogP contribution in [0.5, 0.6) is 0 Å². The molecule has 0 bridgehead atoms. The second kappa shape index (κ2) is 7.06. The SMILES string of the molecule is O=C(CCc1ccccc1Br)N1CCCC(CO)C1. The van der Waals surface area contributed by atoms with E-state index in [0.29, 0.717) is 13.0 Å². The van der Waals surface area contributed by atoms with Crippen molar-refractivity contribution in [1.29, 1.82) is 0 Å². The predicted octanol–water partition coefficient (Wildman–Crippen LogP) is 2.61. The van der Waals surface area contributed by atoms with E-state index in [2.05, 4.69) is 15.9 Å². The zero-order valence-electron chi connectivity index (χ0n) is 11.0. The quantitative estimate of drug-likeness (QED) is 0.924. The summed E-state index contributed by atoms with van der Waals surface area (Å²) < 4.78 is 1.06. The maximum atomic E-state index is 12.2. The van der Waals surface area contributed by atoms with Crippen molar-refractivity contribution >= 4 is 21.8 Å². The van der Waals surface area contributed by atoms with Crippen LogP contribution in [0.25, 0.3) is 0 Å². The highest BCUT2D eigenvalue weighted by Gasteiger charge is 2.22. The summed E-state index contributed by atoms with van der Waals surface area (Å²) in [5.74, 6) is 0.468. The molecule has 1 aliphatic rings. The number of hydrogen-bond acceptors (Lipinski definition) is 2. The molecular weight excluding hydrogens is 306 g/mol. The smallest absolute Gasteiger partial charge is 0.222 e. The molecule has 0 saturated carbocycles. The lowest BCUT2D eigenvalue weighted by molar-refractivity contribution is -0.133. The number of aliphatic hydroxyl groups excluding tert-OH is 1. The van der Waals surface area contributed by atoms with Crippen molar-refractivity contribution < 1.29 is 9.90 Å². The van der Waals surface area contributed by atoms with Crippen molar-refractivity contribution in [3.05, 3.63) is 34.3 Å². The fourth-order valence-electron chi connectivity index (χ4n) is 2.54. The van der Waals surface area contributed by atoms with Gasteiger partial charge in [-0.1, -0.05) is 34.1 Å². The van der Waals surface area contributed by atoms with Gasteiger partial charge in [-0.05, 0) is 36.8 Å². The second-order valence-corrected chi connectivity index (χ2v) is 5.98. The number of aryl methyl sites for hydroxylation is 1. The Labute approximate surface area is 122 Å². The number of likely N-dealkylation sites (tertiary alicyclic amines) is 1. The van der Waals surface area contributed by atoms with E-state index in [9.17, 15) is 9.90 Å². The Hall–Kier alpha value is -0.870. The van der Waals surface area contributed by atoms with E-state index in [1.165, 1.54) is 5.56 Å². The van der Waals surface area contributed by atoms with Crippen LogP contribution in [0.15, 0.2) is 28.7 Å². The van der Waals surface area contributed by atoms with Crippen LogP contribution in [0, 0.1) is 5.92 Å². The van der Waals surface area contributed by atoms with Crippen LogP contribution in [0.3, 0.4) is 0 Å². The molecule has 1 heterocycles. The zero-order chi connectivity index (χ0) is 13.7. The van der Waals surface area contributed by atoms with Crippen molar-refractivity contribution in [1.82, 2.24) is 4.90 Å². The van der Waals surface area contributed by atoms with Crippen LogP contribution in [0.4, 0.5) is 0 Å². The molecule has 1 atom stereocenters. The highest BCUT2D eigenvalue weighted by Crippen LogP contribution is 2.20. The van der Waals surface area contributed by atoms with Crippen molar-refractivity contribution in [2.75, 3.05) is 19.7 Å². The number of carbonyl (C=O) groups excluding carboxylic acids is 1. The second-order valence-electron chi connectivity index (χ2n) is 5.12. The molecule has 1 aliphatic heterocycles. The molecule has 1 saturated heterocycles. The molecule has 0 aromatic heterocycles. The number of piperidine rings is 1. The number of halogens is 1. The Morgan fingerprint density at radius 3 is 2.95 bits per heavy atom. The summed E-state index contributed by atoms with van der Waals surface area (Å²) in [6, 6.07) is 8.02. The molecule has 0 spiro atoms. The van der Waals surface area contributed by atoms with Crippen LogP contribution in [0.2, 0.25) is 0 Å². The summed E-state index contributed by atoms with van der Waals surface area (Å²) in [4.78, 5) is 14.1. The van der Waals surface area contributed by atoms with Gasteiger partial charge in [-0.25, -0.2) is 0 Å². The average Bonchev–Trinajstić information content (AvgIpc) is 2.46. The maximum absolute atomic E-state index is 12.2. The first-order valence-corrected chi connectivity index (χ1v) is 7.62. The van der Waals surface area contributed by atoms with Gasteiger partial charge in [0.25, 0.3) is 0 Å². The monoisotopic (exact) mass is 325 g/mol. The Bertz CT molecular complexity index is 436. The molecule has 1 aromatic rings. The molecule has 19 heavy (non-hydrogen) atoms. The third-order valence-corrected chi connectivity index (χ3v) is 4.47. The van der Waals surface area contributed by atoms with Crippen molar-refractivity contribution in [3.63, 3.8) is 0 Å². The third kappa shape index (κ3) is 4.05. The van der Waals surface area contributed by atoms with E-state index in [1.807, 2.05) is 29.2 Å². The van der Waals surface area contributed by atoms with Gasteiger partial charge in [-0.15, -0.1) is 0 Å². The lowest BCUT2D eigenvalue weighted by atomic mass is 9.98. The zero-order valence-corrected chi connectivity index (χ0v) is 12.6. The van der Waals surface area contributed by atoms with E-state index < -0.39 is 0 Å². The normalized spacial score (nSPS) is 19.5. The summed E-state index contributed by atoms with van der Waals surface area (Å²) in [6.45, 7) is 1.74. The van der Waals surface area contributed by atoms with Gasteiger partial charge < -0.3 is 10.0 Å². The van der Waals surface area contributed by atoms with Crippen LogP contribution >= 0.6 is 15.9 Å². The number of amides is 1. The van der Waals surface area contributed by atoms with E-state index in [0.717, 1.165) is 30.3 Å². The van der Waals surface area contributed by atoms with Gasteiger partial charge in [0.05, 0.1) is 0 Å². The lowest BCUT2D eigenvalue weighted by Gasteiger charge is -2.32. The minimum absolute atomic E-state index is 0.189. The fourth-order valence-corrected chi connectivity index (χ4v) is 3.02. The largest absolute Gasteiger partial charge is 0.396 e. The van der Waals surface area contributed by atoms with E-state index >= 15 is 0 Å². The van der Waals surface area contributed by atoms with Gasteiger partial charge in [0.1, 0.15) is 0 Å². The first kappa shape index (κ1) is 14.5. The molecule has 104 valence electrons. The number of hydrogen-bond donors (Lipinski definition) is 1. The highest BCUT2D eigenvalue weighted by molar-refractivity contribution is 9.10. The van der Waals surface area contributed by atoms with E-state index in [4.69, 9.17) is 0 Å². The Balaban J connectivity index is 1.86. The molecule has 3 nitrogen and oxygen atoms in total. The summed E-state index contributed by atoms with van der Waals surface area (Å²) in [5, 5.41) is 9.19. The van der Waals surface area contributed by atoms with Crippen molar-refractivity contribution in [2.24, 2.45) is 5.92 Å². The summed E-state index contributed by atoms with van der Waals surface area (Å²) in [6.07, 6.45) is 3.35. The van der Waals surface area contributed by atoms with E-state index in [-0.39, 0.29) is 18.4 Å². The molecule has 0 aliphatic carbocycles. The minimum Gasteiger partial charge on any atom is -0.396 e. The predicted molar refractivity (Wildman–Crippen MR) is 78.9 cm³/mol. The number of benzene rings is 1. The lowest BCUT2D eigenvalue weighted by Crippen LogP contribution is -2.41. The number of rotatable bonds is 4. The number of nitrogens with zero attached hydrogens (tertiary/aromatic N) is 1. The van der Waals surface area contributed by atoms with Crippen LogP contribution in [-0.2, 0) is 11.2 Å². The van der Waals surface area contributed by atoms with Crippen LogP contribution in [0.1, 0.15) is 24.8 Å². The minimum atomic E-state index is 0.189. The summed E-state index contributed by atoms with van der Waals surface area (Å²) >= 11 is 3.51. The number of carbonyl (C=O) groups is 1. The average molecular weight is 326 g/mol. The van der Waals surface area contributed by atoms with Gasteiger partial charge in [-0.3, -0.25) is 4.79 Å². The molecule has 0 radical (unpaired) electrons. The van der Waals surface area contributed by atoms with Gasteiger partial charge in [-0.2, -0.15) is 0 Å². The molecule has 1 amide bonds. The molecule has 1 unspecified atom stereocenters. The molecule has 1 aromatic carbocycles. The van der Waals surface area contributed by atoms with Gasteiger partial charge in [0.15, 0.2) is 0 Å². The summed E-state index contributed by atoms with van der Waals surface area (Å²) in [7, 11) is 0. The first-order chi connectivity index (χ1) is 9.20. The Morgan fingerprint density at radius 1 is 1.42 bits per heavy atom. The molecule has 4 heteroatoms. The van der Waals surface area contributed by atoms with Gasteiger partial charge in [0.2, 0.25) is 5.91 Å². The molecule has 1 fully saturated rings. The highest BCUT2D eigenvalue weighted by atomic mass is 79.9.